The van der Waals surface area contributed by atoms with Crippen molar-refractivity contribution in [1.29, 1.82) is 0 Å². The topological polar surface area (TPSA) is 70.5 Å². The van der Waals surface area contributed by atoms with Gasteiger partial charge in [0.05, 0.1) is 17.1 Å². The number of aromatic nitrogens is 1. The standard InChI is InChI=1S/C19H23FN2O3S/c1-12(2)11-22(9-8-17(23)24)19(25)18-13(3)21-16(26-18)10-14-4-6-15(20)7-5-14/h4-7,12H,8-11H2,1-3H3,(H,23,24). The van der Waals surface area contributed by atoms with Crippen molar-refractivity contribution < 1.29 is 19.1 Å². The summed E-state index contributed by atoms with van der Waals surface area (Å²) in [4.78, 5) is 30.3. The van der Waals surface area contributed by atoms with Crippen molar-refractivity contribution in [3.63, 3.8) is 0 Å². The van der Waals surface area contributed by atoms with Gasteiger partial charge in [-0.2, -0.15) is 0 Å². The quantitative estimate of drug-likeness (QED) is 0.759. The molecule has 2 aromatic rings. The number of hydrogen-bond acceptors (Lipinski definition) is 4. The second kappa shape index (κ2) is 8.89. The van der Waals surface area contributed by atoms with Gasteiger partial charge in [-0.05, 0) is 30.5 Å². The van der Waals surface area contributed by atoms with E-state index in [-0.39, 0.29) is 30.6 Å². The molecule has 0 radical (unpaired) electrons. The lowest BCUT2D eigenvalue weighted by molar-refractivity contribution is -0.137. The molecule has 0 atom stereocenters. The van der Waals surface area contributed by atoms with Crippen molar-refractivity contribution >= 4 is 23.2 Å². The van der Waals surface area contributed by atoms with Gasteiger partial charge in [0.25, 0.3) is 5.91 Å². The fourth-order valence-corrected chi connectivity index (χ4v) is 3.66. The van der Waals surface area contributed by atoms with E-state index < -0.39 is 5.97 Å². The van der Waals surface area contributed by atoms with Gasteiger partial charge in [-0.25, -0.2) is 9.37 Å². The van der Waals surface area contributed by atoms with Gasteiger partial charge in [0, 0.05) is 19.5 Å². The number of carboxylic acid groups (broad SMARTS) is 1. The Bertz CT molecular complexity index is 772. The van der Waals surface area contributed by atoms with Gasteiger partial charge in [-0.15, -0.1) is 11.3 Å². The monoisotopic (exact) mass is 378 g/mol. The molecule has 2 rings (SSSR count). The second-order valence-electron chi connectivity index (χ2n) is 6.61. The molecule has 0 saturated carbocycles. The number of halogens is 1. The molecule has 26 heavy (non-hydrogen) atoms. The average molecular weight is 378 g/mol. The minimum absolute atomic E-state index is 0.0846. The summed E-state index contributed by atoms with van der Waals surface area (Å²) in [5, 5.41) is 9.69. The predicted octanol–water partition coefficient (Wildman–Crippen LogP) is 3.75. The highest BCUT2D eigenvalue weighted by atomic mass is 32.1. The molecule has 0 bridgehead atoms. The van der Waals surface area contributed by atoms with Gasteiger partial charge < -0.3 is 10.0 Å². The first kappa shape index (κ1) is 20.0. The highest BCUT2D eigenvalue weighted by Crippen LogP contribution is 2.23. The lowest BCUT2D eigenvalue weighted by Crippen LogP contribution is -2.35. The maximum atomic E-state index is 13.0. The van der Waals surface area contributed by atoms with Crippen LogP contribution in [-0.4, -0.2) is 40.0 Å². The number of amides is 1. The molecule has 1 aromatic carbocycles. The van der Waals surface area contributed by atoms with E-state index in [2.05, 4.69) is 4.98 Å². The SMILES string of the molecule is Cc1nc(Cc2ccc(F)cc2)sc1C(=O)N(CCC(=O)O)CC(C)C. The molecule has 1 N–H and O–H groups in total. The van der Waals surface area contributed by atoms with Crippen molar-refractivity contribution in [2.45, 2.75) is 33.6 Å². The molecule has 7 heteroatoms. The van der Waals surface area contributed by atoms with Crippen LogP contribution >= 0.6 is 11.3 Å². The van der Waals surface area contributed by atoms with Gasteiger partial charge in [-0.3, -0.25) is 9.59 Å². The van der Waals surface area contributed by atoms with E-state index in [1.54, 1.807) is 24.0 Å². The van der Waals surface area contributed by atoms with E-state index in [0.29, 0.717) is 23.5 Å². The third kappa shape index (κ3) is 5.62. The molecular formula is C19H23FN2O3S. The lowest BCUT2D eigenvalue weighted by atomic mass is 10.1. The van der Waals surface area contributed by atoms with E-state index in [1.807, 2.05) is 13.8 Å². The van der Waals surface area contributed by atoms with Gasteiger partial charge in [-0.1, -0.05) is 26.0 Å². The average Bonchev–Trinajstić information content (AvgIpc) is 2.93. The Kier molecular flexibility index (Phi) is 6.85. The van der Waals surface area contributed by atoms with Crippen molar-refractivity contribution in [2.75, 3.05) is 13.1 Å². The number of thiazole rings is 1. The summed E-state index contributed by atoms with van der Waals surface area (Å²) in [6, 6.07) is 6.20. The number of hydrogen-bond donors (Lipinski definition) is 1. The third-order valence-electron chi connectivity index (χ3n) is 3.77. The second-order valence-corrected chi connectivity index (χ2v) is 7.70. The Morgan fingerprint density at radius 1 is 1.27 bits per heavy atom. The van der Waals surface area contributed by atoms with Crippen LogP contribution in [0.4, 0.5) is 4.39 Å². The summed E-state index contributed by atoms with van der Waals surface area (Å²) in [7, 11) is 0. The molecular weight excluding hydrogens is 355 g/mol. The Labute approximate surface area is 156 Å². The normalized spacial score (nSPS) is 11.0. The van der Waals surface area contributed by atoms with E-state index in [1.165, 1.54) is 23.5 Å². The Morgan fingerprint density at radius 2 is 1.92 bits per heavy atom. The van der Waals surface area contributed by atoms with Crippen molar-refractivity contribution in [1.82, 2.24) is 9.88 Å². The maximum absolute atomic E-state index is 13.0. The molecule has 140 valence electrons. The summed E-state index contributed by atoms with van der Waals surface area (Å²) in [6.07, 6.45) is 0.442. The van der Waals surface area contributed by atoms with Gasteiger partial charge >= 0.3 is 5.97 Å². The molecule has 5 nitrogen and oxygen atoms in total. The molecule has 0 unspecified atom stereocenters. The van der Waals surface area contributed by atoms with Crippen LogP contribution in [-0.2, 0) is 11.2 Å². The summed E-state index contributed by atoms with van der Waals surface area (Å²) in [6.45, 7) is 6.43. The zero-order valence-electron chi connectivity index (χ0n) is 15.2. The fraction of sp³-hybridized carbons (Fsp3) is 0.421. The lowest BCUT2D eigenvalue weighted by Gasteiger charge is -2.23. The molecule has 0 spiro atoms. The molecule has 0 fully saturated rings. The van der Waals surface area contributed by atoms with Crippen LogP contribution in [0.25, 0.3) is 0 Å². The van der Waals surface area contributed by atoms with Crippen LogP contribution in [0.1, 0.15) is 46.2 Å². The van der Waals surface area contributed by atoms with Crippen molar-refractivity contribution in [3.8, 4) is 0 Å². The zero-order valence-corrected chi connectivity index (χ0v) is 16.0. The van der Waals surface area contributed by atoms with Gasteiger partial charge in [0.15, 0.2) is 0 Å². The van der Waals surface area contributed by atoms with Crippen LogP contribution in [0.3, 0.4) is 0 Å². The predicted molar refractivity (Wildman–Crippen MR) is 99.1 cm³/mol. The third-order valence-corrected chi connectivity index (χ3v) is 4.92. The van der Waals surface area contributed by atoms with Gasteiger partial charge in [0.1, 0.15) is 10.7 Å². The smallest absolute Gasteiger partial charge is 0.305 e. The van der Waals surface area contributed by atoms with Crippen molar-refractivity contribution in [2.24, 2.45) is 5.92 Å². The van der Waals surface area contributed by atoms with Crippen LogP contribution in [0.5, 0.6) is 0 Å². The minimum atomic E-state index is -0.926. The zero-order chi connectivity index (χ0) is 19.3. The van der Waals surface area contributed by atoms with E-state index in [9.17, 15) is 14.0 Å². The maximum Gasteiger partial charge on any atom is 0.305 e. The number of carboxylic acids is 1. The number of rotatable bonds is 8. The van der Waals surface area contributed by atoms with E-state index in [4.69, 9.17) is 5.11 Å². The number of carbonyl (C=O) groups is 2. The first-order chi connectivity index (χ1) is 12.3. The minimum Gasteiger partial charge on any atom is -0.481 e. The first-order valence-corrected chi connectivity index (χ1v) is 9.29. The summed E-state index contributed by atoms with van der Waals surface area (Å²) in [5.41, 5.74) is 1.56. The van der Waals surface area contributed by atoms with Crippen LogP contribution < -0.4 is 0 Å². The summed E-state index contributed by atoms with van der Waals surface area (Å²) in [5.74, 6) is -1.16. The summed E-state index contributed by atoms with van der Waals surface area (Å²) >= 11 is 1.31. The van der Waals surface area contributed by atoms with Crippen LogP contribution in [0.15, 0.2) is 24.3 Å². The highest BCUT2D eigenvalue weighted by molar-refractivity contribution is 7.13. The van der Waals surface area contributed by atoms with Crippen LogP contribution in [0, 0.1) is 18.7 Å². The number of nitrogens with zero attached hydrogens (tertiary/aromatic N) is 2. The van der Waals surface area contributed by atoms with Gasteiger partial charge in [0.2, 0.25) is 0 Å². The Morgan fingerprint density at radius 3 is 2.50 bits per heavy atom. The molecule has 0 aliphatic heterocycles. The van der Waals surface area contributed by atoms with Crippen molar-refractivity contribution in [3.05, 3.63) is 51.2 Å². The summed E-state index contributed by atoms with van der Waals surface area (Å²) < 4.78 is 13.0. The van der Waals surface area contributed by atoms with Crippen LogP contribution in [0.2, 0.25) is 0 Å². The highest BCUT2D eigenvalue weighted by Gasteiger charge is 2.23. The number of benzene rings is 1. The largest absolute Gasteiger partial charge is 0.481 e. The Hall–Kier alpha value is -2.28. The molecule has 0 aliphatic rings. The van der Waals surface area contributed by atoms with E-state index >= 15 is 0 Å². The molecule has 1 amide bonds. The molecule has 1 aromatic heterocycles. The molecule has 1 heterocycles. The molecule has 0 aliphatic carbocycles. The first-order valence-electron chi connectivity index (χ1n) is 8.48. The number of carbonyl (C=O) groups excluding carboxylic acids is 1. The number of aliphatic carboxylic acids is 1. The molecule has 0 saturated heterocycles. The number of aryl methyl sites for hydroxylation is 1. The van der Waals surface area contributed by atoms with E-state index in [0.717, 1.165) is 10.6 Å². The Balaban J connectivity index is 2.17. The fourth-order valence-electron chi connectivity index (χ4n) is 2.59.